The fraction of sp³-hybridized carbons (Fsp3) is 0.600. The number of halogens is 1. The van der Waals surface area contributed by atoms with Crippen LogP contribution in [0.15, 0.2) is 12.1 Å². The lowest BCUT2D eigenvalue weighted by Gasteiger charge is -2.23. The van der Waals surface area contributed by atoms with Gasteiger partial charge in [-0.3, -0.25) is 0 Å². The molecule has 2 aliphatic rings. The van der Waals surface area contributed by atoms with E-state index in [-0.39, 0.29) is 6.04 Å². The Morgan fingerprint density at radius 1 is 1.12 bits per heavy atom. The topological polar surface area (TPSA) is 26.0 Å². The average molecular weight is 250 g/mol. The second-order valence-corrected chi connectivity index (χ2v) is 6.38. The number of fused-ring (bicyclic) bond motifs is 1. The van der Waals surface area contributed by atoms with Crippen molar-refractivity contribution in [2.75, 3.05) is 0 Å². The van der Waals surface area contributed by atoms with E-state index >= 15 is 0 Å². The van der Waals surface area contributed by atoms with E-state index in [0.29, 0.717) is 5.92 Å². The highest BCUT2D eigenvalue weighted by atomic mass is 35.5. The van der Waals surface area contributed by atoms with Gasteiger partial charge < -0.3 is 5.73 Å². The number of aryl methyl sites for hydroxylation is 2. The molecule has 0 bridgehead atoms. The molecule has 3 rings (SSSR count). The third-order valence-electron chi connectivity index (χ3n) is 4.69. The Labute approximate surface area is 108 Å². The average Bonchev–Trinajstić information content (AvgIpc) is 2.90. The third-order valence-corrected chi connectivity index (χ3v) is 5.10. The van der Waals surface area contributed by atoms with Crippen molar-refractivity contribution in [3.8, 4) is 0 Å². The minimum Gasteiger partial charge on any atom is -0.324 e. The molecule has 1 aromatic carbocycles. The molecule has 1 nitrogen and oxygen atoms in total. The molecule has 2 saturated carbocycles. The lowest BCUT2D eigenvalue weighted by atomic mass is 9.87. The number of nitrogens with two attached hydrogens (primary N) is 1. The molecule has 92 valence electrons. The van der Waals surface area contributed by atoms with Gasteiger partial charge in [-0.05, 0) is 73.6 Å². The first-order valence-corrected chi connectivity index (χ1v) is 6.96. The predicted octanol–water partition coefficient (Wildman–Crippen LogP) is 4.00. The van der Waals surface area contributed by atoms with Crippen LogP contribution in [0.25, 0.3) is 0 Å². The second kappa shape index (κ2) is 4.00. The van der Waals surface area contributed by atoms with E-state index in [2.05, 4.69) is 26.0 Å². The SMILES string of the molecule is Cc1cc(C(N)C2CC3CC3C2)c(C)cc1Cl. The maximum absolute atomic E-state index is 6.46. The quantitative estimate of drug-likeness (QED) is 0.842. The predicted molar refractivity (Wildman–Crippen MR) is 72.2 cm³/mol. The van der Waals surface area contributed by atoms with Crippen molar-refractivity contribution in [3.05, 3.63) is 33.8 Å². The van der Waals surface area contributed by atoms with Gasteiger partial charge in [0.05, 0.1) is 0 Å². The van der Waals surface area contributed by atoms with Crippen LogP contribution < -0.4 is 5.73 Å². The molecule has 0 aromatic heterocycles. The van der Waals surface area contributed by atoms with E-state index in [9.17, 15) is 0 Å². The minimum absolute atomic E-state index is 0.207. The number of hydrogen-bond donors (Lipinski definition) is 1. The van der Waals surface area contributed by atoms with Crippen LogP contribution in [-0.2, 0) is 0 Å². The molecule has 2 N–H and O–H groups in total. The zero-order valence-corrected chi connectivity index (χ0v) is 11.3. The zero-order valence-electron chi connectivity index (χ0n) is 10.5. The summed E-state index contributed by atoms with van der Waals surface area (Å²) < 4.78 is 0. The fourth-order valence-electron chi connectivity index (χ4n) is 3.47. The zero-order chi connectivity index (χ0) is 12.2. The lowest BCUT2D eigenvalue weighted by molar-refractivity contribution is 0.403. The molecule has 3 atom stereocenters. The summed E-state index contributed by atoms with van der Waals surface area (Å²) in [6, 6.07) is 4.45. The van der Waals surface area contributed by atoms with Crippen molar-refractivity contribution in [3.63, 3.8) is 0 Å². The molecule has 0 saturated heterocycles. The highest BCUT2D eigenvalue weighted by molar-refractivity contribution is 6.31. The van der Waals surface area contributed by atoms with Crippen LogP contribution in [-0.4, -0.2) is 0 Å². The summed E-state index contributed by atoms with van der Waals surface area (Å²) in [5, 5.41) is 0.854. The molecule has 1 aromatic rings. The largest absolute Gasteiger partial charge is 0.324 e. The maximum Gasteiger partial charge on any atom is 0.0438 e. The van der Waals surface area contributed by atoms with Crippen LogP contribution in [0.5, 0.6) is 0 Å². The van der Waals surface area contributed by atoms with Crippen LogP contribution >= 0.6 is 11.6 Å². The standard InChI is InChI=1S/C15H20ClN/c1-8-4-14(16)9(2)3-13(8)15(17)12-6-10-5-11(10)7-12/h3-4,10-12,15H,5-7,17H2,1-2H3. The normalized spacial score (nSPS) is 32.4. The van der Waals surface area contributed by atoms with Gasteiger partial charge in [0.15, 0.2) is 0 Å². The fourth-order valence-corrected chi connectivity index (χ4v) is 3.69. The Hall–Kier alpha value is -0.530. The number of rotatable bonds is 2. The summed E-state index contributed by atoms with van der Waals surface area (Å²) in [5.74, 6) is 2.69. The minimum atomic E-state index is 0.207. The van der Waals surface area contributed by atoms with Gasteiger partial charge in [-0.1, -0.05) is 17.7 Å². The van der Waals surface area contributed by atoms with Gasteiger partial charge in [-0.25, -0.2) is 0 Å². The number of benzene rings is 1. The Morgan fingerprint density at radius 3 is 2.41 bits per heavy atom. The molecule has 17 heavy (non-hydrogen) atoms. The summed E-state index contributed by atoms with van der Waals surface area (Å²) in [5.41, 5.74) is 10.2. The van der Waals surface area contributed by atoms with Crippen LogP contribution in [0.2, 0.25) is 5.02 Å². The van der Waals surface area contributed by atoms with Gasteiger partial charge in [-0.15, -0.1) is 0 Å². The molecular formula is C15H20ClN. The third kappa shape index (κ3) is 2.00. The van der Waals surface area contributed by atoms with Gasteiger partial charge in [0, 0.05) is 11.1 Å². The molecule has 0 heterocycles. The summed E-state index contributed by atoms with van der Waals surface area (Å²) >= 11 is 6.14. The van der Waals surface area contributed by atoms with Crippen molar-refractivity contribution in [2.24, 2.45) is 23.5 Å². The first kappa shape index (κ1) is 11.6. The highest BCUT2D eigenvalue weighted by Gasteiger charge is 2.47. The van der Waals surface area contributed by atoms with Gasteiger partial charge in [0.1, 0.15) is 0 Å². The molecule has 0 amide bonds. The maximum atomic E-state index is 6.46. The van der Waals surface area contributed by atoms with Gasteiger partial charge >= 0.3 is 0 Å². The first-order valence-electron chi connectivity index (χ1n) is 6.58. The van der Waals surface area contributed by atoms with Crippen molar-refractivity contribution < 1.29 is 0 Å². The smallest absolute Gasteiger partial charge is 0.0438 e. The Bertz CT molecular complexity index is 444. The molecule has 2 heteroatoms. The van der Waals surface area contributed by atoms with Crippen LogP contribution in [0.3, 0.4) is 0 Å². The molecule has 0 spiro atoms. The van der Waals surface area contributed by atoms with Crippen molar-refractivity contribution in [1.29, 1.82) is 0 Å². The molecule has 0 radical (unpaired) electrons. The van der Waals surface area contributed by atoms with E-state index in [0.717, 1.165) is 22.4 Å². The van der Waals surface area contributed by atoms with E-state index in [1.54, 1.807) is 0 Å². The highest BCUT2D eigenvalue weighted by Crippen LogP contribution is 2.56. The van der Waals surface area contributed by atoms with Crippen LogP contribution in [0.1, 0.15) is 42.0 Å². The summed E-state index contributed by atoms with van der Waals surface area (Å²) in [4.78, 5) is 0. The van der Waals surface area contributed by atoms with Crippen molar-refractivity contribution >= 4 is 11.6 Å². The van der Waals surface area contributed by atoms with E-state index in [1.807, 2.05) is 0 Å². The van der Waals surface area contributed by atoms with E-state index in [4.69, 9.17) is 17.3 Å². The lowest BCUT2D eigenvalue weighted by Crippen LogP contribution is -2.21. The van der Waals surface area contributed by atoms with E-state index < -0.39 is 0 Å². The number of hydrogen-bond acceptors (Lipinski definition) is 1. The van der Waals surface area contributed by atoms with E-state index in [1.165, 1.54) is 30.4 Å². The molecule has 0 aliphatic heterocycles. The molecular weight excluding hydrogens is 230 g/mol. The molecule has 3 unspecified atom stereocenters. The van der Waals surface area contributed by atoms with Crippen molar-refractivity contribution in [1.82, 2.24) is 0 Å². The molecule has 2 fully saturated rings. The van der Waals surface area contributed by atoms with Crippen LogP contribution in [0.4, 0.5) is 0 Å². The second-order valence-electron chi connectivity index (χ2n) is 5.97. The first-order chi connectivity index (χ1) is 8.06. The van der Waals surface area contributed by atoms with Crippen LogP contribution in [0, 0.1) is 31.6 Å². The summed E-state index contributed by atoms with van der Waals surface area (Å²) in [6.45, 7) is 4.18. The van der Waals surface area contributed by atoms with Gasteiger partial charge in [-0.2, -0.15) is 0 Å². The van der Waals surface area contributed by atoms with Gasteiger partial charge in [0.2, 0.25) is 0 Å². The molecule has 2 aliphatic carbocycles. The Kier molecular flexibility index (Phi) is 2.72. The monoisotopic (exact) mass is 249 g/mol. The van der Waals surface area contributed by atoms with Gasteiger partial charge in [0.25, 0.3) is 0 Å². The Morgan fingerprint density at radius 2 is 1.76 bits per heavy atom. The summed E-state index contributed by atoms with van der Waals surface area (Å²) in [7, 11) is 0. The summed E-state index contributed by atoms with van der Waals surface area (Å²) in [6.07, 6.45) is 4.14. The van der Waals surface area contributed by atoms with Crippen molar-refractivity contribution in [2.45, 2.75) is 39.2 Å². The Balaban J connectivity index is 1.85.